The predicted octanol–water partition coefficient (Wildman–Crippen LogP) is 14.2. The Bertz CT molecular complexity index is 2200. The Morgan fingerprint density at radius 1 is 0.547 bits per heavy atom. The minimum atomic E-state index is 0.00445. The number of ether oxygens (including phenoxy) is 1. The highest BCUT2D eigenvalue weighted by Crippen LogP contribution is 2.41. The Morgan fingerprint density at radius 2 is 0.981 bits per heavy atom. The average Bonchev–Trinajstić information content (AvgIpc) is 3.17. The van der Waals surface area contributed by atoms with E-state index >= 15 is 0 Å². The first kappa shape index (κ1) is 40.7. The zero-order valence-electron chi connectivity index (χ0n) is 28.8. The second kappa shape index (κ2) is 19.2. The summed E-state index contributed by atoms with van der Waals surface area (Å²) >= 11 is 34.2. The molecule has 0 saturated heterocycles. The first-order chi connectivity index (χ1) is 25.5. The number of benzene rings is 6. The van der Waals surface area contributed by atoms with Crippen molar-refractivity contribution in [1.29, 1.82) is 0 Å². The van der Waals surface area contributed by atoms with Crippen LogP contribution in [0.1, 0.15) is 22.3 Å². The smallest absolute Gasteiger partial charge is 0.157 e. The van der Waals surface area contributed by atoms with Crippen LogP contribution in [0.25, 0.3) is 0 Å². The maximum absolute atomic E-state index is 10.3. The van der Waals surface area contributed by atoms with E-state index in [9.17, 15) is 10.2 Å². The van der Waals surface area contributed by atoms with Gasteiger partial charge in [0, 0.05) is 42.7 Å². The third-order valence-corrected chi connectivity index (χ3v) is 12.5. The van der Waals surface area contributed by atoms with E-state index in [1.54, 1.807) is 56.6 Å². The molecule has 0 aliphatic carbocycles. The lowest BCUT2D eigenvalue weighted by molar-refractivity contribution is 0.414. The molecule has 4 N–H and O–H groups in total. The van der Waals surface area contributed by atoms with Crippen molar-refractivity contribution in [3.63, 3.8) is 0 Å². The van der Waals surface area contributed by atoms with Crippen LogP contribution in [0.3, 0.4) is 0 Å². The fourth-order valence-electron chi connectivity index (χ4n) is 4.97. The Hall–Kier alpha value is -3.53. The Labute approximate surface area is 343 Å². The van der Waals surface area contributed by atoms with Crippen molar-refractivity contribution in [2.75, 3.05) is 17.7 Å². The van der Waals surface area contributed by atoms with Crippen molar-refractivity contribution >= 4 is 92.9 Å². The number of aromatic hydroxyl groups is 2. The lowest BCUT2D eigenvalue weighted by Crippen LogP contribution is -2.02. The fraction of sp³-hybridized carbons (Fsp3) is 0.122. The molecule has 0 unspecified atom stereocenters. The van der Waals surface area contributed by atoms with Crippen molar-refractivity contribution in [3.05, 3.63) is 157 Å². The van der Waals surface area contributed by atoms with Gasteiger partial charge in [-0.3, -0.25) is 0 Å². The number of hydrogen-bond donors (Lipinski definition) is 4. The number of halogens is 5. The summed E-state index contributed by atoms with van der Waals surface area (Å²) in [6.45, 7) is 4.58. The van der Waals surface area contributed by atoms with Crippen LogP contribution in [0, 0.1) is 13.8 Å². The number of phenols is 2. The van der Waals surface area contributed by atoms with E-state index in [1.165, 1.54) is 0 Å². The van der Waals surface area contributed by atoms with Crippen LogP contribution in [0.2, 0.25) is 25.1 Å². The molecule has 0 radical (unpaired) electrons. The highest BCUT2D eigenvalue weighted by atomic mass is 35.5. The third-order valence-electron chi connectivity index (χ3n) is 8.07. The molecule has 0 fully saturated rings. The van der Waals surface area contributed by atoms with Gasteiger partial charge in [-0.25, -0.2) is 0 Å². The molecule has 0 amide bonds. The zero-order valence-corrected chi connectivity index (χ0v) is 34.2. The second-order valence-corrected chi connectivity index (χ2v) is 15.8. The second-order valence-electron chi connectivity index (χ2n) is 11.6. The largest absolute Gasteiger partial charge is 0.504 e. The van der Waals surface area contributed by atoms with Crippen LogP contribution >= 0.6 is 81.5 Å². The van der Waals surface area contributed by atoms with Crippen LogP contribution in [0.5, 0.6) is 17.2 Å². The van der Waals surface area contributed by atoms with Gasteiger partial charge in [0.05, 0.1) is 33.6 Å². The molecule has 0 aliphatic rings. The summed E-state index contributed by atoms with van der Waals surface area (Å²) in [5, 5.41) is 29.2. The number of hydrogen-bond acceptors (Lipinski definition) is 7. The number of rotatable bonds is 11. The van der Waals surface area contributed by atoms with Crippen molar-refractivity contribution in [2.24, 2.45) is 0 Å². The molecular weight excluding hydrogens is 810 g/mol. The van der Waals surface area contributed by atoms with Crippen LogP contribution in [0.15, 0.2) is 129 Å². The topological polar surface area (TPSA) is 73.8 Å². The fourth-order valence-corrected chi connectivity index (χ4v) is 8.05. The van der Waals surface area contributed by atoms with Gasteiger partial charge in [-0.05, 0) is 96.8 Å². The first-order valence-corrected chi connectivity index (χ1v) is 19.7. The van der Waals surface area contributed by atoms with Crippen LogP contribution < -0.4 is 15.4 Å². The molecule has 274 valence electrons. The Balaban J connectivity index is 0.000000204. The molecule has 6 aromatic carbocycles. The molecule has 0 aromatic heterocycles. The van der Waals surface area contributed by atoms with E-state index in [2.05, 4.69) is 16.7 Å². The summed E-state index contributed by atoms with van der Waals surface area (Å²) in [6, 6.07) is 35.2. The van der Waals surface area contributed by atoms with Gasteiger partial charge < -0.3 is 25.6 Å². The number of anilines is 2. The molecule has 0 saturated carbocycles. The van der Waals surface area contributed by atoms with Gasteiger partial charge in [-0.15, -0.1) is 0 Å². The molecule has 0 spiro atoms. The van der Waals surface area contributed by atoms with Crippen LogP contribution in [0.4, 0.5) is 11.4 Å². The summed E-state index contributed by atoms with van der Waals surface area (Å²) in [4.78, 5) is 4.31. The maximum atomic E-state index is 10.3. The van der Waals surface area contributed by atoms with Crippen molar-refractivity contribution in [3.8, 4) is 17.2 Å². The lowest BCUT2D eigenvalue weighted by atomic mass is 10.2. The number of phenolic OH excluding ortho intramolecular Hbond substituents is 2. The SMILES string of the molecule is COc1ccc(Sc2ccccc2CNc2cc(Cl)c(C)c(Cl)c2O)cc1.Cc1c(Cl)cc(NCc2ccccc2Sc2ccccc2Cl)c(O)c1Cl. The van der Waals surface area contributed by atoms with E-state index in [4.69, 9.17) is 62.7 Å². The van der Waals surface area contributed by atoms with E-state index in [-0.39, 0.29) is 21.5 Å². The van der Waals surface area contributed by atoms with Gasteiger partial charge in [0.25, 0.3) is 0 Å². The maximum Gasteiger partial charge on any atom is 0.157 e. The minimum Gasteiger partial charge on any atom is -0.504 e. The Kier molecular flexibility index (Phi) is 14.7. The van der Waals surface area contributed by atoms with E-state index < -0.39 is 0 Å². The predicted molar refractivity (Wildman–Crippen MR) is 226 cm³/mol. The summed E-state index contributed by atoms with van der Waals surface area (Å²) < 4.78 is 5.21. The molecule has 53 heavy (non-hydrogen) atoms. The average molecular weight is 845 g/mol. The van der Waals surface area contributed by atoms with E-state index in [0.29, 0.717) is 45.6 Å². The number of nitrogens with one attached hydrogen (secondary N) is 2. The molecule has 0 atom stereocenters. The first-order valence-electron chi connectivity index (χ1n) is 16.2. The van der Waals surface area contributed by atoms with Gasteiger partial charge >= 0.3 is 0 Å². The molecule has 6 aromatic rings. The van der Waals surface area contributed by atoms with Gasteiger partial charge in [-0.2, -0.15) is 0 Å². The lowest BCUT2D eigenvalue weighted by Gasteiger charge is -2.14. The summed E-state index contributed by atoms with van der Waals surface area (Å²) in [5.41, 5.74) is 4.51. The normalized spacial score (nSPS) is 10.7. The monoisotopic (exact) mass is 842 g/mol. The molecule has 0 bridgehead atoms. The quantitative estimate of drug-likeness (QED) is 0.0968. The Morgan fingerprint density at radius 3 is 1.45 bits per heavy atom. The number of methoxy groups -OCH3 is 1. The van der Waals surface area contributed by atoms with E-state index in [1.807, 2.05) is 91.0 Å². The zero-order chi connectivity index (χ0) is 38.1. The van der Waals surface area contributed by atoms with Gasteiger partial charge in [-0.1, -0.05) is 130 Å². The minimum absolute atomic E-state index is 0.00445. The highest BCUT2D eigenvalue weighted by molar-refractivity contribution is 7.99. The van der Waals surface area contributed by atoms with Crippen LogP contribution in [-0.4, -0.2) is 17.3 Å². The van der Waals surface area contributed by atoms with Gasteiger partial charge in [0.2, 0.25) is 0 Å². The van der Waals surface area contributed by atoms with Gasteiger partial charge in [0.1, 0.15) is 5.75 Å². The molecular formula is C41H35Cl5N2O3S2. The van der Waals surface area contributed by atoms with Crippen molar-refractivity contribution in [1.82, 2.24) is 0 Å². The molecule has 0 aliphatic heterocycles. The summed E-state index contributed by atoms with van der Waals surface area (Å²) in [6.07, 6.45) is 0. The summed E-state index contributed by atoms with van der Waals surface area (Å²) in [7, 11) is 1.65. The van der Waals surface area contributed by atoms with Gasteiger partial charge in [0.15, 0.2) is 11.5 Å². The van der Waals surface area contributed by atoms with Crippen molar-refractivity contribution < 1.29 is 14.9 Å². The standard InChI is InChI=1S/C21H19Cl2NO2S.C20H16Cl3NOS/c1-13-17(22)11-18(21(25)20(13)23)24-12-14-5-3-4-6-19(14)27-16-9-7-15(26-2)8-10-16;1-12-15(22)10-16(20(25)19(12)23)24-11-13-6-2-4-8-17(13)26-18-9-5-3-7-14(18)21/h3-11,24-25H,12H2,1-2H3;2-10,24-25H,11H2,1H3. The van der Waals surface area contributed by atoms with Crippen LogP contribution in [-0.2, 0) is 13.1 Å². The molecule has 6 rings (SSSR count). The molecule has 0 heterocycles. The molecule has 12 heteroatoms. The molecule has 5 nitrogen and oxygen atoms in total. The third kappa shape index (κ3) is 10.6. The summed E-state index contributed by atoms with van der Waals surface area (Å²) in [5.74, 6) is 0.849. The van der Waals surface area contributed by atoms with Crippen molar-refractivity contribution in [2.45, 2.75) is 46.5 Å². The van der Waals surface area contributed by atoms with E-state index in [0.717, 1.165) is 41.5 Å². The highest BCUT2D eigenvalue weighted by Gasteiger charge is 2.15.